The maximum atomic E-state index is 11.8. The van der Waals surface area contributed by atoms with E-state index in [4.69, 9.17) is 22.7 Å². The Hall–Kier alpha value is -1.46. The molecule has 0 spiro atoms. The van der Waals surface area contributed by atoms with Crippen molar-refractivity contribution in [2.75, 3.05) is 11.9 Å². The fraction of sp³-hybridized carbons (Fsp3) is 0.429. The van der Waals surface area contributed by atoms with Crippen molar-refractivity contribution in [2.24, 2.45) is 5.73 Å². The lowest BCUT2D eigenvalue weighted by Gasteiger charge is -2.12. The first-order valence-electron chi connectivity index (χ1n) is 6.47. The molecular weight excluding hydrogens is 260 g/mol. The van der Waals surface area contributed by atoms with Gasteiger partial charge in [-0.15, -0.1) is 0 Å². The average Bonchev–Trinajstić information content (AvgIpc) is 2.90. The van der Waals surface area contributed by atoms with Crippen molar-refractivity contribution in [2.45, 2.75) is 31.8 Å². The van der Waals surface area contributed by atoms with E-state index in [1.807, 2.05) is 12.1 Å². The first-order chi connectivity index (χ1) is 9.16. The molecule has 1 aromatic carbocycles. The normalized spacial score (nSPS) is 15.4. The first-order valence-corrected chi connectivity index (χ1v) is 6.88. The van der Waals surface area contributed by atoms with Gasteiger partial charge in [-0.05, 0) is 25.0 Å². The molecule has 1 aromatic rings. The molecule has 0 aliphatic heterocycles. The standard InChI is InChI=1S/C14H18N2O2S/c15-14(19)11-7-3-4-8-12(11)16-13(17)9-18-10-5-1-2-6-10/h3-4,7-8,10H,1-2,5-6,9H2,(H2,15,19)(H,16,17). The van der Waals surface area contributed by atoms with E-state index in [9.17, 15) is 4.79 Å². The summed E-state index contributed by atoms with van der Waals surface area (Å²) in [6, 6.07) is 7.23. The van der Waals surface area contributed by atoms with E-state index in [2.05, 4.69) is 5.32 Å². The fourth-order valence-corrected chi connectivity index (χ4v) is 2.42. The minimum atomic E-state index is -0.171. The van der Waals surface area contributed by atoms with Crippen molar-refractivity contribution in [3.05, 3.63) is 29.8 Å². The molecule has 1 aliphatic rings. The van der Waals surface area contributed by atoms with Gasteiger partial charge in [-0.2, -0.15) is 0 Å². The van der Waals surface area contributed by atoms with Crippen LogP contribution in [0.1, 0.15) is 31.2 Å². The predicted octanol–water partition coefficient (Wildman–Crippen LogP) is 2.22. The quantitative estimate of drug-likeness (QED) is 0.811. The minimum Gasteiger partial charge on any atom is -0.389 e. The molecule has 0 atom stereocenters. The van der Waals surface area contributed by atoms with Gasteiger partial charge in [0.2, 0.25) is 5.91 Å². The van der Waals surface area contributed by atoms with Crippen molar-refractivity contribution in [1.29, 1.82) is 0 Å². The van der Waals surface area contributed by atoms with Crippen molar-refractivity contribution in [3.8, 4) is 0 Å². The topological polar surface area (TPSA) is 64.3 Å². The van der Waals surface area contributed by atoms with E-state index in [-0.39, 0.29) is 23.6 Å². The van der Waals surface area contributed by atoms with Crippen LogP contribution in [0.2, 0.25) is 0 Å². The number of rotatable bonds is 5. The van der Waals surface area contributed by atoms with E-state index >= 15 is 0 Å². The molecule has 2 rings (SSSR count). The van der Waals surface area contributed by atoms with Crippen LogP contribution in [0.15, 0.2) is 24.3 Å². The molecule has 102 valence electrons. The third-order valence-electron chi connectivity index (χ3n) is 3.22. The monoisotopic (exact) mass is 278 g/mol. The Bertz CT molecular complexity index is 470. The molecule has 19 heavy (non-hydrogen) atoms. The second-order valence-corrected chi connectivity index (χ2v) is 5.12. The molecule has 4 nitrogen and oxygen atoms in total. The smallest absolute Gasteiger partial charge is 0.250 e. The number of hydrogen-bond acceptors (Lipinski definition) is 3. The van der Waals surface area contributed by atoms with Crippen molar-refractivity contribution in [1.82, 2.24) is 0 Å². The van der Waals surface area contributed by atoms with Crippen molar-refractivity contribution >= 4 is 28.8 Å². The zero-order valence-corrected chi connectivity index (χ0v) is 11.5. The summed E-state index contributed by atoms with van der Waals surface area (Å²) >= 11 is 4.95. The van der Waals surface area contributed by atoms with Gasteiger partial charge in [-0.25, -0.2) is 0 Å². The maximum Gasteiger partial charge on any atom is 0.250 e. The number of amides is 1. The molecule has 5 heteroatoms. The van der Waals surface area contributed by atoms with Gasteiger partial charge in [-0.3, -0.25) is 4.79 Å². The van der Waals surface area contributed by atoms with E-state index in [0.717, 1.165) is 12.8 Å². The van der Waals surface area contributed by atoms with Crippen LogP contribution in [-0.2, 0) is 9.53 Å². The predicted molar refractivity (Wildman–Crippen MR) is 79.2 cm³/mol. The number of carbonyl (C=O) groups excluding carboxylic acids is 1. The van der Waals surface area contributed by atoms with E-state index < -0.39 is 0 Å². The lowest BCUT2D eigenvalue weighted by Crippen LogP contribution is -2.23. The molecule has 0 unspecified atom stereocenters. The Morgan fingerprint density at radius 2 is 2.05 bits per heavy atom. The van der Waals surface area contributed by atoms with Gasteiger partial charge in [0, 0.05) is 5.56 Å². The molecular formula is C14H18N2O2S. The van der Waals surface area contributed by atoms with E-state index in [1.54, 1.807) is 12.1 Å². The number of benzene rings is 1. The maximum absolute atomic E-state index is 11.8. The van der Waals surface area contributed by atoms with Crippen molar-refractivity contribution < 1.29 is 9.53 Å². The minimum absolute atomic E-state index is 0.0797. The summed E-state index contributed by atoms with van der Waals surface area (Å²) in [6.45, 7) is 0.0797. The molecule has 0 radical (unpaired) electrons. The molecule has 3 N–H and O–H groups in total. The SMILES string of the molecule is NC(=S)c1ccccc1NC(=O)COC1CCCC1. The van der Waals surface area contributed by atoms with Crippen LogP contribution in [0, 0.1) is 0 Å². The molecule has 1 fully saturated rings. The number of anilines is 1. The van der Waals surface area contributed by atoms with Crippen LogP contribution < -0.4 is 11.1 Å². The van der Waals surface area contributed by atoms with E-state index in [1.165, 1.54) is 12.8 Å². The molecule has 1 saturated carbocycles. The number of thiocarbonyl (C=S) groups is 1. The largest absolute Gasteiger partial charge is 0.389 e. The highest BCUT2D eigenvalue weighted by Crippen LogP contribution is 2.21. The van der Waals surface area contributed by atoms with Crippen LogP contribution in [0.3, 0.4) is 0 Å². The highest BCUT2D eigenvalue weighted by molar-refractivity contribution is 7.80. The zero-order chi connectivity index (χ0) is 13.7. The van der Waals surface area contributed by atoms with Gasteiger partial charge in [0.15, 0.2) is 0 Å². The van der Waals surface area contributed by atoms with Crippen LogP contribution in [0.4, 0.5) is 5.69 Å². The lowest BCUT2D eigenvalue weighted by molar-refractivity contribution is -0.122. The summed E-state index contributed by atoms with van der Waals surface area (Å²) in [5.41, 5.74) is 6.92. The third-order valence-corrected chi connectivity index (χ3v) is 3.44. The van der Waals surface area contributed by atoms with Gasteiger partial charge in [-0.1, -0.05) is 37.2 Å². The number of para-hydroxylation sites is 1. The summed E-state index contributed by atoms with van der Waals surface area (Å²) in [5, 5.41) is 2.78. The number of nitrogens with one attached hydrogen (secondary N) is 1. The molecule has 0 heterocycles. The first kappa shape index (κ1) is 14.0. The summed E-state index contributed by atoms with van der Waals surface area (Å²) in [5.74, 6) is -0.171. The van der Waals surface area contributed by atoms with Crippen LogP contribution in [0.5, 0.6) is 0 Å². The molecule has 0 saturated heterocycles. The summed E-state index contributed by atoms with van der Waals surface area (Å²) in [6.07, 6.45) is 4.72. The second-order valence-electron chi connectivity index (χ2n) is 4.68. The molecule has 0 aromatic heterocycles. The van der Waals surface area contributed by atoms with E-state index in [0.29, 0.717) is 11.3 Å². The Balaban J connectivity index is 1.89. The number of ether oxygens (including phenoxy) is 1. The van der Waals surface area contributed by atoms with Crippen LogP contribution in [0.25, 0.3) is 0 Å². The Morgan fingerprint density at radius 1 is 1.37 bits per heavy atom. The van der Waals surface area contributed by atoms with Gasteiger partial charge in [0.25, 0.3) is 0 Å². The Kier molecular flexibility index (Phi) is 4.87. The fourth-order valence-electron chi connectivity index (χ4n) is 2.24. The summed E-state index contributed by atoms with van der Waals surface area (Å²) in [4.78, 5) is 12.1. The van der Waals surface area contributed by atoms with Crippen LogP contribution >= 0.6 is 12.2 Å². The Labute approximate surface area is 118 Å². The van der Waals surface area contributed by atoms with Crippen molar-refractivity contribution in [3.63, 3.8) is 0 Å². The van der Waals surface area contributed by atoms with Gasteiger partial charge < -0.3 is 15.8 Å². The summed E-state index contributed by atoms with van der Waals surface area (Å²) < 4.78 is 5.56. The summed E-state index contributed by atoms with van der Waals surface area (Å²) in [7, 11) is 0. The van der Waals surface area contributed by atoms with Gasteiger partial charge in [0.1, 0.15) is 11.6 Å². The number of nitrogens with two attached hydrogens (primary N) is 1. The zero-order valence-electron chi connectivity index (χ0n) is 10.7. The average molecular weight is 278 g/mol. The highest BCUT2D eigenvalue weighted by atomic mass is 32.1. The molecule has 1 aliphatic carbocycles. The second kappa shape index (κ2) is 6.63. The Morgan fingerprint density at radius 3 is 2.74 bits per heavy atom. The number of hydrogen-bond donors (Lipinski definition) is 2. The van der Waals surface area contributed by atoms with Crippen LogP contribution in [-0.4, -0.2) is 23.6 Å². The highest BCUT2D eigenvalue weighted by Gasteiger charge is 2.17. The lowest BCUT2D eigenvalue weighted by atomic mass is 10.2. The van der Waals surface area contributed by atoms with Gasteiger partial charge >= 0.3 is 0 Å². The number of carbonyl (C=O) groups is 1. The van der Waals surface area contributed by atoms with Gasteiger partial charge in [0.05, 0.1) is 11.8 Å². The molecule has 0 bridgehead atoms. The molecule has 1 amide bonds. The third kappa shape index (κ3) is 4.01.